The fourth-order valence-corrected chi connectivity index (χ4v) is 4.40. The Morgan fingerprint density at radius 2 is 2.00 bits per heavy atom. The highest BCUT2D eigenvalue weighted by atomic mass is 19.4. The molecule has 9 heteroatoms. The number of halogens is 3. The van der Waals surface area contributed by atoms with Crippen molar-refractivity contribution < 1.29 is 32.3 Å². The minimum Gasteiger partial charge on any atom is -0.485 e. The Bertz CT molecular complexity index is 1160. The van der Waals surface area contributed by atoms with Gasteiger partial charge in [-0.05, 0) is 66.8 Å². The Morgan fingerprint density at radius 1 is 1.23 bits per heavy atom. The molecule has 0 unspecified atom stereocenters. The molecule has 1 heterocycles. The zero-order valence-corrected chi connectivity index (χ0v) is 16.1. The van der Waals surface area contributed by atoms with E-state index in [0.717, 1.165) is 36.1 Å². The Balaban J connectivity index is 1.28. The molecule has 1 saturated carbocycles. The van der Waals surface area contributed by atoms with Gasteiger partial charge in [-0.15, -0.1) is 0 Å². The van der Waals surface area contributed by atoms with Gasteiger partial charge in [-0.25, -0.2) is 0 Å². The molecule has 1 N–H and O–H groups in total. The van der Waals surface area contributed by atoms with Crippen molar-refractivity contribution >= 4 is 5.97 Å². The summed E-state index contributed by atoms with van der Waals surface area (Å²) in [5.74, 6) is -0.173. The van der Waals surface area contributed by atoms with Crippen molar-refractivity contribution in [2.24, 2.45) is 5.92 Å². The van der Waals surface area contributed by atoms with E-state index in [-0.39, 0.29) is 29.7 Å². The van der Waals surface area contributed by atoms with E-state index in [1.807, 2.05) is 18.2 Å². The largest absolute Gasteiger partial charge is 0.485 e. The van der Waals surface area contributed by atoms with E-state index >= 15 is 0 Å². The maximum Gasteiger partial charge on any atom is 0.416 e. The SMILES string of the molecule is O=C(O)[C@@H]1C[C@]12CCc1ccc(OCc3noc(-c4ccc(C(F)(F)F)cc4)n3)cc12. The molecule has 0 saturated heterocycles. The third-order valence-electron chi connectivity index (χ3n) is 6.13. The number of fused-ring (bicyclic) bond motifs is 2. The molecule has 2 aromatic carbocycles. The lowest BCUT2D eigenvalue weighted by Crippen LogP contribution is -2.11. The highest BCUT2D eigenvalue weighted by Gasteiger charge is 2.61. The summed E-state index contributed by atoms with van der Waals surface area (Å²) in [7, 11) is 0. The van der Waals surface area contributed by atoms with Gasteiger partial charge in [0.25, 0.3) is 5.89 Å². The van der Waals surface area contributed by atoms with Gasteiger partial charge < -0.3 is 14.4 Å². The molecule has 160 valence electrons. The van der Waals surface area contributed by atoms with E-state index in [0.29, 0.717) is 17.7 Å². The molecule has 3 aromatic rings. The van der Waals surface area contributed by atoms with Crippen LogP contribution in [0.4, 0.5) is 13.2 Å². The minimum absolute atomic E-state index is 0.0122. The summed E-state index contributed by atoms with van der Waals surface area (Å²) in [6.45, 7) is 0.0122. The van der Waals surface area contributed by atoms with Gasteiger partial charge in [-0.2, -0.15) is 18.2 Å². The summed E-state index contributed by atoms with van der Waals surface area (Å²) in [6, 6.07) is 10.1. The number of hydrogen-bond donors (Lipinski definition) is 1. The lowest BCUT2D eigenvalue weighted by Gasteiger charge is -2.12. The van der Waals surface area contributed by atoms with Crippen molar-refractivity contribution in [3.8, 4) is 17.2 Å². The van der Waals surface area contributed by atoms with E-state index in [1.54, 1.807) is 0 Å². The summed E-state index contributed by atoms with van der Waals surface area (Å²) in [5, 5.41) is 13.2. The molecule has 2 atom stereocenters. The van der Waals surface area contributed by atoms with E-state index < -0.39 is 17.7 Å². The predicted molar refractivity (Wildman–Crippen MR) is 101 cm³/mol. The number of carbonyl (C=O) groups is 1. The first-order valence-corrected chi connectivity index (χ1v) is 9.75. The number of nitrogens with zero attached hydrogens (tertiary/aromatic N) is 2. The number of carboxylic acids is 1. The van der Waals surface area contributed by atoms with Gasteiger partial charge in [0.05, 0.1) is 11.5 Å². The van der Waals surface area contributed by atoms with E-state index in [9.17, 15) is 23.1 Å². The van der Waals surface area contributed by atoms with Crippen LogP contribution < -0.4 is 4.74 Å². The smallest absolute Gasteiger partial charge is 0.416 e. The molecule has 1 fully saturated rings. The molecule has 0 bridgehead atoms. The molecule has 31 heavy (non-hydrogen) atoms. The zero-order valence-electron chi connectivity index (χ0n) is 16.1. The van der Waals surface area contributed by atoms with Gasteiger partial charge in [0, 0.05) is 11.0 Å². The number of alkyl halides is 3. The number of carboxylic acid groups (broad SMARTS) is 1. The first-order chi connectivity index (χ1) is 14.8. The van der Waals surface area contributed by atoms with Crippen molar-refractivity contribution in [1.82, 2.24) is 10.1 Å². The van der Waals surface area contributed by atoms with Crippen LogP contribution in [-0.2, 0) is 29.4 Å². The number of aryl methyl sites for hydroxylation is 1. The van der Waals surface area contributed by atoms with Crippen LogP contribution in [0.25, 0.3) is 11.5 Å². The van der Waals surface area contributed by atoms with Crippen LogP contribution in [0.1, 0.15) is 35.4 Å². The standard InChI is InChI=1S/C22H17F3N2O4/c23-22(24,25)14-4-1-13(2-5-14)19-26-18(27-31-19)11-30-15-6-3-12-7-8-21(16(12)9-15)10-17(21)20(28)29/h1-6,9,17H,7-8,10-11H2,(H,28,29)/t17-,21-/m0/s1. The minimum atomic E-state index is -4.41. The lowest BCUT2D eigenvalue weighted by molar-refractivity contribution is -0.139. The summed E-state index contributed by atoms with van der Waals surface area (Å²) in [5.41, 5.74) is 1.54. The lowest BCUT2D eigenvalue weighted by atomic mass is 9.95. The number of aliphatic carboxylic acids is 1. The van der Waals surface area contributed by atoms with Gasteiger partial charge in [0.2, 0.25) is 5.82 Å². The zero-order chi connectivity index (χ0) is 21.8. The van der Waals surface area contributed by atoms with Crippen LogP contribution in [-0.4, -0.2) is 21.2 Å². The summed E-state index contributed by atoms with van der Waals surface area (Å²) < 4.78 is 49.0. The van der Waals surface area contributed by atoms with E-state index in [2.05, 4.69) is 10.1 Å². The predicted octanol–water partition coefficient (Wildman–Crippen LogP) is 4.62. The Kier molecular flexibility index (Phi) is 4.32. The fourth-order valence-electron chi connectivity index (χ4n) is 4.40. The van der Waals surface area contributed by atoms with Gasteiger partial charge in [-0.3, -0.25) is 4.79 Å². The number of aromatic nitrogens is 2. The molecule has 0 aliphatic heterocycles. The van der Waals surface area contributed by atoms with Gasteiger partial charge >= 0.3 is 12.1 Å². The number of rotatable bonds is 5. The molecule has 1 aromatic heterocycles. The Hall–Kier alpha value is -3.36. The molecule has 2 aliphatic rings. The third-order valence-corrected chi connectivity index (χ3v) is 6.13. The first-order valence-electron chi connectivity index (χ1n) is 9.75. The molecule has 6 nitrogen and oxygen atoms in total. The molecule has 0 amide bonds. The first kappa shape index (κ1) is 19.6. The second-order valence-corrected chi connectivity index (χ2v) is 7.95. The van der Waals surface area contributed by atoms with Crippen LogP contribution in [0.3, 0.4) is 0 Å². The summed E-state index contributed by atoms with van der Waals surface area (Å²) >= 11 is 0. The van der Waals surface area contributed by atoms with Crippen molar-refractivity contribution in [2.45, 2.75) is 37.5 Å². The van der Waals surface area contributed by atoms with E-state index in [1.165, 1.54) is 12.1 Å². The van der Waals surface area contributed by atoms with Crippen molar-refractivity contribution in [2.75, 3.05) is 0 Å². The van der Waals surface area contributed by atoms with Crippen LogP contribution >= 0.6 is 0 Å². The van der Waals surface area contributed by atoms with Crippen LogP contribution in [0.15, 0.2) is 47.0 Å². The van der Waals surface area contributed by atoms with Gasteiger partial charge in [-0.1, -0.05) is 11.2 Å². The van der Waals surface area contributed by atoms with Gasteiger partial charge in [0.15, 0.2) is 6.61 Å². The van der Waals surface area contributed by atoms with Crippen molar-refractivity contribution in [3.63, 3.8) is 0 Å². The third kappa shape index (κ3) is 3.43. The maximum atomic E-state index is 12.7. The summed E-state index contributed by atoms with van der Waals surface area (Å²) in [4.78, 5) is 15.6. The van der Waals surface area contributed by atoms with Gasteiger partial charge in [0.1, 0.15) is 5.75 Å². The molecule has 1 spiro atoms. The average molecular weight is 430 g/mol. The Morgan fingerprint density at radius 3 is 2.68 bits per heavy atom. The quantitative estimate of drug-likeness (QED) is 0.636. The second-order valence-electron chi connectivity index (χ2n) is 7.95. The van der Waals surface area contributed by atoms with E-state index in [4.69, 9.17) is 9.26 Å². The molecule has 2 aliphatic carbocycles. The number of ether oxygens (including phenoxy) is 1. The normalized spacial score (nSPS) is 21.8. The number of hydrogen-bond acceptors (Lipinski definition) is 5. The maximum absolute atomic E-state index is 12.7. The van der Waals surface area contributed by atoms with Crippen LogP contribution in [0, 0.1) is 5.92 Å². The van der Waals surface area contributed by atoms with Crippen molar-refractivity contribution in [3.05, 3.63) is 65.0 Å². The molecular formula is C22H17F3N2O4. The molecular weight excluding hydrogens is 413 g/mol. The highest BCUT2D eigenvalue weighted by molar-refractivity contribution is 5.78. The Labute approximate surface area is 174 Å². The summed E-state index contributed by atoms with van der Waals surface area (Å²) in [6.07, 6.45) is -2.06. The van der Waals surface area contributed by atoms with Crippen LogP contribution in [0.5, 0.6) is 5.75 Å². The highest BCUT2D eigenvalue weighted by Crippen LogP contribution is 2.62. The van der Waals surface area contributed by atoms with Crippen LogP contribution in [0.2, 0.25) is 0 Å². The van der Waals surface area contributed by atoms with Crippen molar-refractivity contribution in [1.29, 1.82) is 0 Å². The molecule has 5 rings (SSSR count). The monoisotopic (exact) mass is 430 g/mol. The topological polar surface area (TPSA) is 85.5 Å². The number of benzene rings is 2. The second kappa shape index (κ2) is 6.83. The molecule has 0 radical (unpaired) electrons. The average Bonchev–Trinajstić information content (AvgIpc) is 3.10. The fraction of sp³-hybridized carbons (Fsp3) is 0.318.